The van der Waals surface area contributed by atoms with Crippen LogP contribution in [0.15, 0.2) is 0 Å². The van der Waals surface area contributed by atoms with Crippen molar-refractivity contribution in [1.29, 1.82) is 0 Å². The van der Waals surface area contributed by atoms with Gasteiger partial charge in [-0.05, 0) is 80.0 Å². The number of carboxylic acid groups (broad SMARTS) is 1. The Kier molecular flexibility index (Phi) is 9.01. The van der Waals surface area contributed by atoms with Crippen LogP contribution in [0.2, 0.25) is 0 Å². The molecule has 0 bridgehead atoms. The standard InChI is InChI=1S/C31H46O12/c1-14(32)41-17-9-10-30(3)16(11-17)5-6-18-19-7-8-20(31(19,4)12-22(23(18)30)42-15(2)33)21(34)13-40-29-26(37)24(35)25(36)27(43-29)28(38)39/h16-20,22-27,29,35-37H,5-13H2,1-4H3,(H,38,39)/t16-,17+,18?,19?,20-,22?,23?,24+,25+,26-,27+,29?,30+,31+/m1/s1. The Hall–Kier alpha value is -2.12. The van der Waals surface area contributed by atoms with Gasteiger partial charge in [0.2, 0.25) is 0 Å². The molecule has 4 aliphatic carbocycles. The van der Waals surface area contributed by atoms with E-state index >= 15 is 0 Å². The number of aliphatic carboxylic acids is 1. The Morgan fingerprint density at radius 3 is 2.21 bits per heavy atom. The zero-order valence-corrected chi connectivity index (χ0v) is 25.3. The monoisotopic (exact) mass is 610 g/mol. The summed E-state index contributed by atoms with van der Waals surface area (Å²) in [5, 5.41) is 39.7. The molecule has 0 aromatic heterocycles. The van der Waals surface area contributed by atoms with Gasteiger partial charge < -0.3 is 39.4 Å². The van der Waals surface area contributed by atoms with Crippen molar-refractivity contribution in [1.82, 2.24) is 0 Å². The van der Waals surface area contributed by atoms with Crippen molar-refractivity contribution in [2.24, 2.45) is 40.4 Å². The van der Waals surface area contributed by atoms with Crippen LogP contribution in [0.1, 0.15) is 79.1 Å². The third kappa shape index (κ3) is 5.74. The molecular formula is C31H46O12. The number of carbonyl (C=O) groups excluding carboxylic acids is 3. The summed E-state index contributed by atoms with van der Waals surface area (Å²) in [6, 6.07) is 0. The minimum atomic E-state index is -1.85. The van der Waals surface area contributed by atoms with Crippen molar-refractivity contribution >= 4 is 23.7 Å². The molecule has 5 rings (SSSR count). The fourth-order valence-electron chi connectivity index (χ4n) is 9.96. The van der Waals surface area contributed by atoms with Crippen LogP contribution in [0.3, 0.4) is 0 Å². The van der Waals surface area contributed by atoms with Crippen LogP contribution in [-0.4, -0.2) is 93.6 Å². The molecule has 0 radical (unpaired) electrons. The third-order valence-electron chi connectivity index (χ3n) is 11.8. The maximum absolute atomic E-state index is 13.7. The van der Waals surface area contributed by atoms with Crippen LogP contribution in [0.4, 0.5) is 0 Å². The number of ether oxygens (including phenoxy) is 4. The van der Waals surface area contributed by atoms with Crippen LogP contribution in [0, 0.1) is 40.4 Å². The zero-order valence-electron chi connectivity index (χ0n) is 25.3. The van der Waals surface area contributed by atoms with Crippen LogP contribution < -0.4 is 0 Å². The average Bonchev–Trinajstić information content (AvgIpc) is 3.27. The second kappa shape index (κ2) is 12.0. The molecule has 14 atom stereocenters. The Bertz CT molecular complexity index is 1110. The van der Waals surface area contributed by atoms with Gasteiger partial charge in [-0.25, -0.2) is 4.79 Å². The first-order valence-corrected chi connectivity index (χ1v) is 15.6. The summed E-state index contributed by atoms with van der Waals surface area (Å²) in [5.41, 5.74) is -0.558. The van der Waals surface area contributed by atoms with Gasteiger partial charge in [-0.2, -0.15) is 0 Å². The lowest BCUT2D eigenvalue weighted by molar-refractivity contribution is -0.292. The van der Waals surface area contributed by atoms with Crippen LogP contribution in [-0.2, 0) is 38.1 Å². The number of aliphatic hydroxyl groups is 3. The summed E-state index contributed by atoms with van der Waals surface area (Å²) in [6.45, 7) is 6.79. The predicted molar refractivity (Wildman–Crippen MR) is 147 cm³/mol. The van der Waals surface area contributed by atoms with E-state index in [9.17, 15) is 39.6 Å². The normalized spacial score (nSPS) is 47.4. The van der Waals surface area contributed by atoms with E-state index in [0.717, 1.165) is 38.5 Å². The molecule has 4 saturated carbocycles. The molecule has 242 valence electrons. The molecule has 0 amide bonds. The summed E-state index contributed by atoms with van der Waals surface area (Å²) < 4.78 is 22.4. The van der Waals surface area contributed by atoms with Crippen molar-refractivity contribution in [2.75, 3.05) is 6.61 Å². The predicted octanol–water partition coefficient (Wildman–Crippen LogP) is 1.60. The highest BCUT2D eigenvalue weighted by Gasteiger charge is 2.65. The summed E-state index contributed by atoms with van der Waals surface area (Å²) >= 11 is 0. The van der Waals surface area contributed by atoms with Crippen molar-refractivity contribution in [3.63, 3.8) is 0 Å². The first kappa shape index (κ1) is 32.3. The molecule has 5 unspecified atom stereocenters. The second-order valence-electron chi connectivity index (χ2n) is 14.1. The molecule has 5 aliphatic rings. The topological polar surface area (TPSA) is 186 Å². The molecule has 1 aliphatic heterocycles. The molecule has 0 spiro atoms. The molecule has 12 nitrogen and oxygen atoms in total. The molecule has 0 aromatic rings. The lowest BCUT2D eigenvalue weighted by Crippen LogP contribution is -2.61. The average molecular weight is 611 g/mol. The quantitative estimate of drug-likeness (QED) is 0.306. The Labute approximate surface area is 251 Å². The van der Waals surface area contributed by atoms with Crippen molar-refractivity contribution < 1.29 is 58.6 Å². The van der Waals surface area contributed by atoms with Gasteiger partial charge in [-0.1, -0.05) is 13.8 Å². The fourth-order valence-corrected chi connectivity index (χ4v) is 9.96. The Morgan fingerprint density at radius 2 is 1.56 bits per heavy atom. The number of ketones is 1. The largest absolute Gasteiger partial charge is 0.479 e. The number of hydrogen-bond acceptors (Lipinski definition) is 11. The first-order chi connectivity index (χ1) is 20.2. The molecule has 1 saturated heterocycles. The van der Waals surface area contributed by atoms with E-state index in [1.807, 2.05) is 0 Å². The van der Waals surface area contributed by atoms with Gasteiger partial charge >= 0.3 is 17.9 Å². The summed E-state index contributed by atoms with van der Waals surface area (Å²) in [6.07, 6.45) is -2.92. The number of carboxylic acids is 1. The molecule has 43 heavy (non-hydrogen) atoms. The zero-order chi connectivity index (χ0) is 31.4. The second-order valence-corrected chi connectivity index (χ2v) is 14.1. The van der Waals surface area contributed by atoms with Crippen molar-refractivity contribution in [3.05, 3.63) is 0 Å². The summed E-state index contributed by atoms with van der Waals surface area (Å²) in [4.78, 5) is 49.2. The van der Waals surface area contributed by atoms with Gasteiger partial charge in [0.05, 0.1) is 0 Å². The number of carbonyl (C=O) groups is 4. The van der Waals surface area contributed by atoms with Gasteiger partial charge in [0.1, 0.15) is 37.1 Å². The highest BCUT2D eigenvalue weighted by Crippen LogP contribution is 2.68. The summed E-state index contributed by atoms with van der Waals surface area (Å²) in [5.74, 6) is -1.83. The number of hydrogen-bond donors (Lipinski definition) is 4. The van der Waals surface area contributed by atoms with Crippen LogP contribution >= 0.6 is 0 Å². The van der Waals surface area contributed by atoms with Crippen molar-refractivity contribution in [3.8, 4) is 0 Å². The summed E-state index contributed by atoms with van der Waals surface area (Å²) in [7, 11) is 0. The van der Waals surface area contributed by atoms with Gasteiger partial charge in [0, 0.05) is 25.7 Å². The van der Waals surface area contributed by atoms with Crippen LogP contribution in [0.5, 0.6) is 0 Å². The van der Waals surface area contributed by atoms with E-state index in [-0.39, 0.29) is 53.1 Å². The number of Topliss-reactive ketones (excluding diaryl/α,β-unsaturated/α-hetero) is 1. The first-order valence-electron chi connectivity index (χ1n) is 15.6. The highest BCUT2D eigenvalue weighted by molar-refractivity contribution is 5.83. The lowest BCUT2D eigenvalue weighted by atomic mass is 9.43. The highest BCUT2D eigenvalue weighted by atomic mass is 16.7. The molecule has 4 N–H and O–H groups in total. The van der Waals surface area contributed by atoms with Gasteiger partial charge in [-0.3, -0.25) is 14.4 Å². The van der Waals surface area contributed by atoms with E-state index in [1.54, 1.807) is 0 Å². The van der Waals surface area contributed by atoms with Crippen LogP contribution in [0.25, 0.3) is 0 Å². The number of esters is 2. The van der Waals surface area contributed by atoms with Gasteiger partial charge in [0.25, 0.3) is 0 Å². The van der Waals surface area contributed by atoms with E-state index in [1.165, 1.54) is 13.8 Å². The minimum Gasteiger partial charge on any atom is -0.479 e. The van der Waals surface area contributed by atoms with Gasteiger partial charge in [0.15, 0.2) is 18.2 Å². The number of rotatable bonds is 7. The molecule has 1 heterocycles. The molecule has 5 fully saturated rings. The smallest absolute Gasteiger partial charge is 0.335 e. The Morgan fingerprint density at radius 1 is 0.860 bits per heavy atom. The van der Waals surface area contributed by atoms with Gasteiger partial charge in [-0.15, -0.1) is 0 Å². The number of fused-ring (bicyclic) bond motifs is 5. The van der Waals surface area contributed by atoms with E-state index < -0.39 is 54.6 Å². The fraction of sp³-hybridized carbons (Fsp3) is 0.871. The number of aliphatic hydroxyl groups excluding tert-OH is 3. The van der Waals surface area contributed by atoms with Crippen molar-refractivity contribution in [2.45, 2.75) is 122 Å². The molecule has 12 heteroatoms. The third-order valence-corrected chi connectivity index (χ3v) is 11.8. The Balaban J connectivity index is 1.32. The molecular weight excluding hydrogens is 564 g/mol. The van der Waals surface area contributed by atoms with E-state index in [4.69, 9.17) is 18.9 Å². The van der Waals surface area contributed by atoms with E-state index in [0.29, 0.717) is 18.8 Å². The van der Waals surface area contributed by atoms with E-state index in [2.05, 4.69) is 13.8 Å². The SMILES string of the molecule is CC(=O)OC1C[C@@]2(C)C(CC[C@@H]2C(=O)COC2O[C@H](C(=O)O)[C@@H](O)[C@H](O)[C@H]2O)C2CC[C@@H]3C[C@@H](OC(C)=O)CC[C@]3(C)C12. The minimum absolute atomic E-state index is 0.0905. The maximum Gasteiger partial charge on any atom is 0.335 e. The lowest BCUT2D eigenvalue weighted by Gasteiger charge is -2.62. The maximum atomic E-state index is 13.7. The molecule has 0 aromatic carbocycles.